The zero-order valence-electron chi connectivity index (χ0n) is 17.1. The van der Waals surface area contributed by atoms with Crippen molar-refractivity contribution in [1.29, 1.82) is 0 Å². The number of carbonyl (C=O) groups excluding carboxylic acids is 1. The molecule has 0 bridgehead atoms. The molecule has 26 heavy (non-hydrogen) atoms. The Morgan fingerprint density at radius 1 is 1.00 bits per heavy atom. The minimum Gasteiger partial charge on any atom is -0.339 e. The predicted octanol–water partition coefficient (Wildman–Crippen LogP) is 6.45. The molecule has 0 saturated carbocycles. The maximum Gasteiger partial charge on any atom is 0.253 e. The number of amides is 1. The van der Waals surface area contributed by atoms with E-state index in [1.54, 1.807) is 0 Å². The van der Waals surface area contributed by atoms with Gasteiger partial charge >= 0.3 is 0 Å². The van der Waals surface area contributed by atoms with Crippen LogP contribution in [-0.4, -0.2) is 23.9 Å². The van der Waals surface area contributed by atoms with Crippen LogP contribution in [0.4, 0.5) is 0 Å². The molecule has 0 aliphatic heterocycles. The summed E-state index contributed by atoms with van der Waals surface area (Å²) in [4.78, 5) is 14.3. The maximum atomic E-state index is 12.4. The molecule has 0 saturated heterocycles. The lowest BCUT2D eigenvalue weighted by atomic mass is 9.92. The average Bonchev–Trinajstić information content (AvgIpc) is 2.63. The summed E-state index contributed by atoms with van der Waals surface area (Å²) in [6.45, 7) is 25.5. The van der Waals surface area contributed by atoms with E-state index in [2.05, 4.69) is 46.2 Å². The monoisotopic (exact) mass is 351 g/mol. The minimum absolute atomic E-state index is 0.0724. The van der Waals surface area contributed by atoms with Crippen molar-refractivity contribution >= 4 is 11.5 Å². The first-order valence-electron chi connectivity index (χ1n) is 8.92. The van der Waals surface area contributed by atoms with Gasteiger partial charge in [-0.1, -0.05) is 48.6 Å². The third-order valence-electron chi connectivity index (χ3n) is 3.92. The normalized spacial score (nSPS) is 10.3. The minimum atomic E-state index is 0.0724. The number of hydrogen-bond donors (Lipinski definition) is 0. The van der Waals surface area contributed by atoms with E-state index in [1.165, 1.54) is 5.57 Å². The first-order chi connectivity index (χ1) is 12.3. The van der Waals surface area contributed by atoms with Crippen LogP contribution in [0.3, 0.4) is 0 Å². The molecule has 0 fully saturated rings. The molecule has 140 valence electrons. The van der Waals surface area contributed by atoms with Crippen LogP contribution in [0.1, 0.15) is 50.5 Å². The zero-order chi connectivity index (χ0) is 20.3. The van der Waals surface area contributed by atoms with E-state index in [0.717, 1.165) is 40.9 Å². The fourth-order valence-corrected chi connectivity index (χ4v) is 2.63. The Bertz CT molecular complexity index is 681. The third-order valence-corrected chi connectivity index (χ3v) is 3.92. The van der Waals surface area contributed by atoms with Gasteiger partial charge in [-0.3, -0.25) is 4.79 Å². The van der Waals surface area contributed by atoms with Crippen molar-refractivity contribution in [2.24, 2.45) is 0 Å². The predicted molar refractivity (Wildman–Crippen MR) is 116 cm³/mol. The topological polar surface area (TPSA) is 20.3 Å². The summed E-state index contributed by atoms with van der Waals surface area (Å²) in [5.74, 6) is 0.0724. The van der Waals surface area contributed by atoms with Crippen LogP contribution in [0.15, 0.2) is 79.5 Å². The Balaban J connectivity index is 0.00000301. The Morgan fingerprint density at radius 3 is 1.81 bits per heavy atom. The van der Waals surface area contributed by atoms with Crippen molar-refractivity contribution in [3.63, 3.8) is 0 Å². The third kappa shape index (κ3) is 6.36. The number of hydrogen-bond acceptors (Lipinski definition) is 1. The van der Waals surface area contributed by atoms with E-state index in [4.69, 9.17) is 0 Å². The van der Waals surface area contributed by atoms with Crippen LogP contribution in [0.5, 0.6) is 0 Å². The van der Waals surface area contributed by atoms with Crippen LogP contribution < -0.4 is 0 Å². The molecule has 0 aliphatic carbocycles. The highest BCUT2D eigenvalue weighted by atomic mass is 16.2. The highest BCUT2D eigenvalue weighted by Gasteiger charge is 2.13. The van der Waals surface area contributed by atoms with E-state index < -0.39 is 0 Å². The molecule has 0 heterocycles. The van der Waals surface area contributed by atoms with E-state index in [0.29, 0.717) is 0 Å². The smallest absolute Gasteiger partial charge is 0.253 e. The first-order valence-corrected chi connectivity index (χ1v) is 8.92. The molecule has 0 N–H and O–H groups in total. The molecule has 0 atom stereocenters. The SMILES string of the molecule is C=C.C=CC(=C(C)C)/C(=C\C(=C)C)c1ccc(C(=O)N(CC)CC)cc1. The Hall–Kier alpha value is -2.61. The summed E-state index contributed by atoms with van der Waals surface area (Å²) in [6, 6.07) is 7.79. The highest BCUT2D eigenvalue weighted by molar-refractivity contribution is 5.95. The quantitative estimate of drug-likeness (QED) is 0.408. The Morgan fingerprint density at radius 2 is 1.46 bits per heavy atom. The summed E-state index contributed by atoms with van der Waals surface area (Å²) in [5, 5.41) is 0. The molecule has 2 nitrogen and oxygen atoms in total. The van der Waals surface area contributed by atoms with Crippen LogP contribution in [0.25, 0.3) is 5.57 Å². The zero-order valence-corrected chi connectivity index (χ0v) is 17.1. The molecule has 0 radical (unpaired) electrons. The second-order valence-electron chi connectivity index (χ2n) is 6.08. The van der Waals surface area contributed by atoms with Gasteiger partial charge in [0.2, 0.25) is 0 Å². The van der Waals surface area contributed by atoms with E-state index in [-0.39, 0.29) is 5.91 Å². The molecule has 1 aromatic rings. The van der Waals surface area contributed by atoms with Crippen molar-refractivity contribution in [2.75, 3.05) is 13.1 Å². The molecule has 0 unspecified atom stereocenters. The van der Waals surface area contributed by atoms with Gasteiger partial charge in [0.05, 0.1) is 0 Å². The summed E-state index contributed by atoms with van der Waals surface area (Å²) in [5.41, 5.74) is 6.13. The van der Waals surface area contributed by atoms with Gasteiger partial charge in [0.15, 0.2) is 0 Å². The van der Waals surface area contributed by atoms with Crippen LogP contribution >= 0.6 is 0 Å². The number of carbonyl (C=O) groups is 1. The second kappa shape index (κ2) is 11.9. The number of benzene rings is 1. The summed E-state index contributed by atoms with van der Waals surface area (Å²) < 4.78 is 0. The number of allylic oxidation sites excluding steroid dienone is 6. The molecule has 1 aromatic carbocycles. The highest BCUT2D eigenvalue weighted by Crippen LogP contribution is 2.28. The lowest BCUT2D eigenvalue weighted by Gasteiger charge is -2.19. The van der Waals surface area contributed by atoms with Crippen molar-refractivity contribution in [3.8, 4) is 0 Å². The van der Waals surface area contributed by atoms with Crippen LogP contribution in [0.2, 0.25) is 0 Å². The average molecular weight is 352 g/mol. The number of rotatable bonds is 7. The Kier molecular flexibility index (Phi) is 10.7. The molecule has 1 rings (SSSR count). The summed E-state index contributed by atoms with van der Waals surface area (Å²) in [6.07, 6.45) is 3.93. The molecule has 0 spiro atoms. The molecule has 1 amide bonds. The van der Waals surface area contributed by atoms with Gasteiger partial charge in [0, 0.05) is 18.7 Å². The van der Waals surface area contributed by atoms with Gasteiger partial charge in [-0.15, -0.1) is 13.2 Å². The molecule has 0 aromatic heterocycles. The molecule has 0 aliphatic rings. The lowest BCUT2D eigenvalue weighted by Crippen LogP contribution is -2.30. The van der Waals surface area contributed by atoms with Gasteiger partial charge in [0.25, 0.3) is 5.91 Å². The van der Waals surface area contributed by atoms with Crippen molar-refractivity contribution in [1.82, 2.24) is 4.90 Å². The lowest BCUT2D eigenvalue weighted by molar-refractivity contribution is 0.0773. The second-order valence-corrected chi connectivity index (χ2v) is 6.08. The van der Waals surface area contributed by atoms with Crippen molar-refractivity contribution in [3.05, 3.63) is 90.6 Å². The van der Waals surface area contributed by atoms with Crippen molar-refractivity contribution < 1.29 is 4.79 Å². The van der Waals surface area contributed by atoms with Crippen molar-refractivity contribution in [2.45, 2.75) is 34.6 Å². The summed E-state index contributed by atoms with van der Waals surface area (Å²) >= 11 is 0. The maximum absolute atomic E-state index is 12.4. The first kappa shape index (κ1) is 23.4. The van der Waals surface area contributed by atoms with E-state index >= 15 is 0 Å². The van der Waals surface area contributed by atoms with Gasteiger partial charge in [-0.05, 0) is 63.5 Å². The van der Waals surface area contributed by atoms with Crippen LogP contribution in [-0.2, 0) is 0 Å². The van der Waals surface area contributed by atoms with Crippen LogP contribution in [0, 0.1) is 0 Å². The fourth-order valence-electron chi connectivity index (χ4n) is 2.63. The number of nitrogens with zero attached hydrogens (tertiary/aromatic N) is 1. The van der Waals surface area contributed by atoms with E-state index in [1.807, 2.05) is 56.0 Å². The van der Waals surface area contributed by atoms with E-state index in [9.17, 15) is 4.79 Å². The summed E-state index contributed by atoms with van der Waals surface area (Å²) in [7, 11) is 0. The standard InChI is InChI=1S/C22H29NO.C2H4/c1-8-20(17(6)7)21(15-16(4)5)18-11-13-19(14-12-18)22(24)23(9-2)10-3;1-2/h8,11-15H,1,4,9-10H2,2-3,5-7H3;1-2H2/b21-15-;. The molecular weight excluding hydrogens is 318 g/mol. The largest absolute Gasteiger partial charge is 0.339 e. The fraction of sp³-hybridized carbons (Fsp3) is 0.292. The van der Waals surface area contributed by atoms with Gasteiger partial charge < -0.3 is 4.90 Å². The van der Waals surface area contributed by atoms with Gasteiger partial charge in [-0.2, -0.15) is 0 Å². The van der Waals surface area contributed by atoms with Gasteiger partial charge in [-0.25, -0.2) is 0 Å². The molecule has 2 heteroatoms. The van der Waals surface area contributed by atoms with Gasteiger partial charge in [0.1, 0.15) is 0 Å². The molecular formula is C24H33NO. The Labute approximate surface area is 159 Å².